The minimum atomic E-state index is -0.652. The molecule has 3 rings (SSSR count). The van der Waals surface area contributed by atoms with E-state index in [1.165, 1.54) is 0 Å². The molecule has 0 bridgehead atoms. The van der Waals surface area contributed by atoms with Crippen molar-refractivity contribution in [3.8, 4) is 5.75 Å². The number of Topliss-reactive ketones (excluding diaryl/α,β-unsaturated/α-hetero) is 1. The van der Waals surface area contributed by atoms with Gasteiger partial charge in [-0.1, -0.05) is 77.1 Å². The van der Waals surface area contributed by atoms with E-state index < -0.39 is 17.7 Å². The molecule has 0 radical (unpaired) electrons. The molecule has 0 spiro atoms. The molecule has 5 heteroatoms. The van der Waals surface area contributed by atoms with Crippen molar-refractivity contribution in [3.63, 3.8) is 0 Å². The monoisotopic (exact) mass is 421 g/mol. The number of nitrogens with zero attached hydrogens (tertiary/aromatic N) is 1. The Morgan fingerprint density at radius 1 is 1.10 bits per heavy atom. The molecule has 2 aromatic rings. The summed E-state index contributed by atoms with van der Waals surface area (Å²) < 4.78 is 5.44. The van der Waals surface area contributed by atoms with Crippen molar-refractivity contribution in [3.05, 3.63) is 76.6 Å². The first-order chi connectivity index (χ1) is 14.6. The molecule has 0 fully saturated rings. The van der Waals surface area contributed by atoms with Crippen molar-refractivity contribution in [1.82, 2.24) is 4.90 Å². The maximum Gasteiger partial charge on any atom is 0.290 e. The van der Waals surface area contributed by atoms with Crippen molar-refractivity contribution >= 4 is 11.7 Å². The lowest BCUT2D eigenvalue weighted by Crippen LogP contribution is -2.31. The Labute approximate surface area is 184 Å². The van der Waals surface area contributed by atoms with Gasteiger partial charge in [0.05, 0.1) is 25.3 Å². The van der Waals surface area contributed by atoms with Crippen LogP contribution in [0.15, 0.2) is 59.9 Å². The van der Waals surface area contributed by atoms with Crippen molar-refractivity contribution in [1.29, 1.82) is 0 Å². The highest BCUT2D eigenvalue weighted by atomic mass is 16.5. The van der Waals surface area contributed by atoms with Crippen LogP contribution in [0.4, 0.5) is 0 Å². The van der Waals surface area contributed by atoms with Crippen molar-refractivity contribution in [2.24, 2.45) is 5.92 Å². The number of aliphatic hydroxyl groups is 1. The molecule has 0 aliphatic carbocycles. The second-order valence-electron chi connectivity index (χ2n) is 9.30. The number of amides is 1. The van der Waals surface area contributed by atoms with Gasteiger partial charge >= 0.3 is 0 Å². The highest BCUT2D eigenvalue weighted by Gasteiger charge is 2.44. The lowest BCUT2D eigenvalue weighted by molar-refractivity contribution is -0.130. The molecule has 164 valence electrons. The van der Waals surface area contributed by atoms with Gasteiger partial charge in [0.25, 0.3) is 5.91 Å². The molecule has 0 aromatic heterocycles. The standard InChI is InChI=1S/C26H31NO4/c1-16(2)23(28)21-22(17-11-13-19(14-12-17)26(3,4)5)27(25(30)24(21)29)15-18-9-7-8-10-20(18)31-6/h7-14,16,22,29H,15H2,1-6H3. The van der Waals surface area contributed by atoms with Crippen molar-refractivity contribution < 1.29 is 19.4 Å². The fourth-order valence-electron chi connectivity index (χ4n) is 3.91. The van der Waals surface area contributed by atoms with Crippen LogP contribution in [0.3, 0.4) is 0 Å². The summed E-state index contributed by atoms with van der Waals surface area (Å²) in [5.41, 5.74) is 2.90. The summed E-state index contributed by atoms with van der Waals surface area (Å²) in [6.07, 6.45) is 0. The number of ketones is 1. The van der Waals surface area contributed by atoms with Crippen LogP contribution < -0.4 is 4.74 Å². The van der Waals surface area contributed by atoms with Crippen LogP contribution in [0.2, 0.25) is 0 Å². The van der Waals surface area contributed by atoms with Gasteiger partial charge < -0.3 is 14.7 Å². The van der Waals surface area contributed by atoms with E-state index in [0.717, 1.165) is 16.7 Å². The van der Waals surface area contributed by atoms with Gasteiger partial charge in [0.1, 0.15) is 5.75 Å². The van der Waals surface area contributed by atoms with Gasteiger partial charge in [-0.3, -0.25) is 9.59 Å². The molecule has 0 saturated carbocycles. The first kappa shape index (κ1) is 22.6. The predicted octanol–water partition coefficient (Wildman–Crippen LogP) is 5.11. The molecule has 1 aliphatic rings. The van der Waals surface area contributed by atoms with E-state index in [1.807, 2.05) is 48.5 Å². The maximum atomic E-state index is 13.1. The third-order valence-electron chi connectivity index (χ3n) is 5.72. The second-order valence-corrected chi connectivity index (χ2v) is 9.30. The van der Waals surface area contributed by atoms with E-state index in [0.29, 0.717) is 5.75 Å². The Morgan fingerprint density at radius 3 is 2.26 bits per heavy atom. The highest BCUT2D eigenvalue weighted by molar-refractivity contribution is 6.09. The largest absolute Gasteiger partial charge is 0.503 e. The molecule has 31 heavy (non-hydrogen) atoms. The molecule has 1 heterocycles. The van der Waals surface area contributed by atoms with E-state index in [2.05, 4.69) is 20.8 Å². The molecule has 0 saturated heterocycles. The summed E-state index contributed by atoms with van der Waals surface area (Å²) in [6, 6.07) is 14.7. The van der Waals surface area contributed by atoms with Crippen molar-refractivity contribution in [2.45, 2.75) is 52.6 Å². The maximum absolute atomic E-state index is 13.1. The van der Waals surface area contributed by atoms with Gasteiger partial charge in [0, 0.05) is 11.5 Å². The van der Waals surface area contributed by atoms with Gasteiger partial charge in [-0.25, -0.2) is 0 Å². The zero-order valence-electron chi connectivity index (χ0n) is 19.1. The topological polar surface area (TPSA) is 66.8 Å². The number of benzene rings is 2. The van der Waals surface area contributed by atoms with E-state index in [1.54, 1.807) is 25.9 Å². The summed E-state index contributed by atoms with van der Waals surface area (Å²) in [5.74, 6) is -0.913. The minimum absolute atomic E-state index is 0.0182. The predicted molar refractivity (Wildman–Crippen MR) is 121 cm³/mol. The van der Waals surface area contributed by atoms with Gasteiger partial charge in [-0.05, 0) is 22.6 Å². The average molecular weight is 422 g/mol. The van der Waals surface area contributed by atoms with Crippen LogP contribution in [0, 0.1) is 5.92 Å². The summed E-state index contributed by atoms with van der Waals surface area (Å²) >= 11 is 0. The molecular weight excluding hydrogens is 390 g/mol. The van der Waals surface area contributed by atoms with E-state index in [4.69, 9.17) is 4.74 Å². The Bertz CT molecular complexity index is 1010. The fraction of sp³-hybridized carbons (Fsp3) is 0.385. The first-order valence-corrected chi connectivity index (χ1v) is 10.6. The molecule has 1 N–H and O–H groups in total. The number of aliphatic hydroxyl groups excluding tert-OH is 1. The number of rotatable bonds is 6. The first-order valence-electron chi connectivity index (χ1n) is 10.6. The molecule has 1 atom stereocenters. The Hall–Kier alpha value is -3.08. The van der Waals surface area contributed by atoms with Crippen LogP contribution in [0.25, 0.3) is 0 Å². The van der Waals surface area contributed by atoms with Crippen LogP contribution >= 0.6 is 0 Å². The van der Waals surface area contributed by atoms with Gasteiger partial charge in [0.15, 0.2) is 11.5 Å². The Morgan fingerprint density at radius 2 is 1.71 bits per heavy atom. The summed E-state index contributed by atoms with van der Waals surface area (Å²) in [7, 11) is 1.58. The van der Waals surface area contributed by atoms with Crippen LogP contribution in [-0.2, 0) is 21.5 Å². The SMILES string of the molecule is COc1ccccc1CN1C(=O)C(O)=C(C(=O)C(C)C)C1c1ccc(C(C)(C)C)cc1. The molecular formula is C26H31NO4. The summed E-state index contributed by atoms with van der Waals surface area (Å²) in [6.45, 7) is 10.2. The van der Waals surface area contributed by atoms with Crippen LogP contribution in [0.1, 0.15) is 57.4 Å². The van der Waals surface area contributed by atoms with Crippen LogP contribution in [0.5, 0.6) is 5.75 Å². The van der Waals surface area contributed by atoms with Crippen LogP contribution in [-0.4, -0.2) is 28.8 Å². The molecule has 1 aliphatic heterocycles. The second kappa shape index (κ2) is 8.58. The van der Waals surface area contributed by atoms with Gasteiger partial charge in [-0.15, -0.1) is 0 Å². The number of ether oxygens (including phenoxy) is 1. The molecule has 1 unspecified atom stereocenters. The third-order valence-corrected chi connectivity index (χ3v) is 5.72. The smallest absolute Gasteiger partial charge is 0.290 e. The summed E-state index contributed by atoms with van der Waals surface area (Å²) in [5, 5.41) is 10.7. The van der Waals surface area contributed by atoms with E-state index in [-0.39, 0.29) is 29.2 Å². The molecule has 2 aromatic carbocycles. The van der Waals surface area contributed by atoms with Gasteiger partial charge in [-0.2, -0.15) is 0 Å². The molecule has 1 amide bonds. The third kappa shape index (κ3) is 4.36. The van der Waals surface area contributed by atoms with Gasteiger partial charge in [0.2, 0.25) is 0 Å². The zero-order valence-corrected chi connectivity index (χ0v) is 19.1. The number of hydrogen-bond acceptors (Lipinski definition) is 4. The Balaban J connectivity index is 2.09. The lowest BCUT2D eigenvalue weighted by atomic mass is 9.85. The number of methoxy groups -OCH3 is 1. The number of para-hydroxylation sites is 1. The van der Waals surface area contributed by atoms with E-state index >= 15 is 0 Å². The number of carbonyl (C=O) groups excluding carboxylic acids is 2. The minimum Gasteiger partial charge on any atom is -0.503 e. The molecule has 5 nitrogen and oxygen atoms in total. The fourth-order valence-corrected chi connectivity index (χ4v) is 3.91. The zero-order chi connectivity index (χ0) is 22.9. The quantitative estimate of drug-likeness (QED) is 0.704. The number of hydrogen-bond donors (Lipinski definition) is 1. The summed E-state index contributed by atoms with van der Waals surface area (Å²) in [4.78, 5) is 27.6. The average Bonchev–Trinajstić information content (AvgIpc) is 2.97. The van der Waals surface area contributed by atoms with Crippen molar-refractivity contribution in [2.75, 3.05) is 7.11 Å². The Kier molecular flexibility index (Phi) is 6.25. The highest BCUT2D eigenvalue weighted by Crippen LogP contribution is 2.41. The van der Waals surface area contributed by atoms with E-state index in [9.17, 15) is 14.7 Å². The normalized spacial score (nSPS) is 16.9. The lowest BCUT2D eigenvalue weighted by Gasteiger charge is -2.28. The number of carbonyl (C=O) groups is 2.